The van der Waals surface area contributed by atoms with Gasteiger partial charge in [0, 0.05) is 38.2 Å². The van der Waals surface area contributed by atoms with E-state index in [0.29, 0.717) is 0 Å². The molecular weight excluding hydrogens is 441 g/mol. The van der Waals surface area contributed by atoms with Crippen molar-refractivity contribution in [3.05, 3.63) is 0 Å². The second-order valence-corrected chi connectivity index (χ2v) is 0. The van der Waals surface area contributed by atoms with Crippen molar-refractivity contribution in [2.45, 2.75) is 0 Å². The molecule has 0 aliphatic carbocycles. The molecule has 0 aromatic carbocycles. The summed E-state index contributed by atoms with van der Waals surface area (Å²) in [6, 6.07) is 0. The molecule has 0 spiro atoms. The van der Waals surface area contributed by atoms with Crippen LogP contribution >= 0.6 is 7.33 Å². The Kier molecular flexibility index (Phi) is 129. The first-order valence-corrected chi connectivity index (χ1v) is 4.18. The van der Waals surface area contributed by atoms with Crippen molar-refractivity contribution in [1.29, 1.82) is 0 Å². The summed E-state index contributed by atoms with van der Waals surface area (Å²) in [5.74, 6) is 0. The SMILES string of the molecule is [Ni].[PH2][Mo].[PbH2].[Ti]. The summed E-state index contributed by atoms with van der Waals surface area (Å²) in [4.78, 5) is 0. The van der Waals surface area contributed by atoms with Crippen LogP contribution in [0, 0.1) is 0 Å². The summed E-state index contributed by atoms with van der Waals surface area (Å²) >= 11 is 1.87. The molecular formula is H4MoNiPPbTi. The van der Waals surface area contributed by atoms with Crippen LogP contribution in [0.4, 0.5) is 0 Å². The van der Waals surface area contributed by atoms with E-state index in [9.17, 15) is 0 Å². The number of hydrogen-bond donors (Lipinski definition) is 0. The predicted molar refractivity (Wildman–Crippen MR) is 18.3 cm³/mol. The van der Waals surface area contributed by atoms with Gasteiger partial charge in [-0.15, -0.1) is 0 Å². The third kappa shape index (κ3) is 18.9. The van der Waals surface area contributed by atoms with Gasteiger partial charge >= 0.3 is 53.9 Å². The predicted octanol–water partition coefficient (Wildman–Crippen LogP) is -0.598. The van der Waals surface area contributed by atoms with Crippen LogP contribution in [-0.4, -0.2) is 27.3 Å². The minimum Gasteiger partial charge on any atom is 0 e. The van der Waals surface area contributed by atoms with Gasteiger partial charge in [0.2, 0.25) is 0 Å². The van der Waals surface area contributed by atoms with E-state index in [1.165, 1.54) is 0 Å². The zero-order valence-corrected chi connectivity index (χ0v) is 13.7. The van der Waals surface area contributed by atoms with Gasteiger partial charge in [0.25, 0.3) is 0 Å². The summed E-state index contributed by atoms with van der Waals surface area (Å²) in [6.45, 7) is 0. The van der Waals surface area contributed by atoms with Gasteiger partial charge in [0.05, 0.1) is 0 Å². The third-order valence-corrected chi connectivity index (χ3v) is 0. The molecule has 0 aromatic rings. The maximum atomic E-state index is 2.43. The first-order chi connectivity index (χ1) is 1.00. The van der Waals surface area contributed by atoms with Crippen LogP contribution in [0.25, 0.3) is 0 Å². The van der Waals surface area contributed by atoms with Crippen LogP contribution in [0.1, 0.15) is 0 Å². The Hall–Kier alpha value is 3.25. The Morgan fingerprint density at radius 3 is 1.20 bits per heavy atom. The van der Waals surface area contributed by atoms with Gasteiger partial charge in [-0.05, 0) is 0 Å². The van der Waals surface area contributed by atoms with Gasteiger partial charge < -0.3 is 0 Å². The molecule has 0 rings (SSSR count). The molecule has 0 fully saturated rings. The summed E-state index contributed by atoms with van der Waals surface area (Å²) in [6.07, 6.45) is 0. The molecule has 0 aliphatic rings. The fourth-order valence-electron chi connectivity index (χ4n) is 0. The van der Waals surface area contributed by atoms with Crippen molar-refractivity contribution < 1.29 is 57.5 Å². The van der Waals surface area contributed by atoms with E-state index in [2.05, 4.69) is 7.33 Å². The van der Waals surface area contributed by atoms with Crippen molar-refractivity contribution >= 4 is 34.6 Å². The summed E-state index contributed by atoms with van der Waals surface area (Å²) in [5.41, 5.74) is 0. The summed E-state index contributed by atoms with van der Waals surface area (Å²) < 4.78 is 0. The Morgan fingerprint density at radius 2 is 1.20 bits per heavy atom. The van der Waals surface area contributed by atoms with E-state index in [4.69, 9.17) is 0 Å². The molecule has 33 valence electrons. The Morgan fingerprint density at radius 1 is 1.20 bits per heavy atom. The second-order valence-electron chi connectivity index (χ2n) is 0. The van der Waals surface area contributed by atoms with Gasteiger partial charge in [-0.2, -0.15) is 0 Å². The monoisotopic (exact) mass is 447 g/mol. The van der Waals surface area contributed by atoms with E-state index < -0.39 is 0 Å². The van der Waals surface area contributed by atoms with E-state index in [1.54, 1.807) is 0 Å². The van der Waals surface area contributed by atoms with Crippen molar-refractivity contribution in [2.24, 2.45) is 0 Å². The van der Waals surface area contributed by atoms with Crippen LogP contribution < -0.4 is 0 Å². The standard InChI is InChI=1S/Mo.Ni.H2P.Pb.Ti.2H/h;;1H2;;;;/q+1;;-1;;;;. The quantitative estimate of drug-likeness (QED) is 0.346. The molecule has 0 saturated carbocycles. The van der Waals surface area contributed by atoms with Crippen molar-refractivity contribution in [3.8, 4) is 0 Å². The number of rotatable bonds is 0. The molecule has 2 radical (unpaired) electrons. The Balaban J connectivity index is -0.00000000167. The molecule has 0 aromatic heterocycles. The minimum absolute atomic E-state index is 0. The topological polar surface area (TPSA) is 0 Å². The average molecular weight is 445 g/mol. The van der Waals surface area contributed by atoms with Crippen LogP contribution in [0.2, 0.25) is 0 Å². The second kappa shape index (κ2) is 26.8. The van der Waals surface area contributed by atoms with Crippen molar-refractivity contribution in [2.75, 3.05) is 0 Å². The molecule has 0 heterocycles. The fourth-order valence-corrected chi connectivity index (χ4v) is 0. The number of hydrogen-bond acceptors (Lipinski definition) is 0. The van der Waals surface area contributed by atoms with E-state index in [1.807, 2.05) is 19.3 Å². The van der Waals surface area contributed by atoms with E-state index in [-0.39, 0.29) is 65.5 Å². The van der Waals surface area contributed by atoms with E-state index >= 15 is 0 Å². The maximum Gasteiger partial charge on any atom is 0 e. The minimum atomic E-state index is 0. The van der Waals surface area contributed by atoms with Gasteiger partial charge in [-0.25, -0.2) is 0 Å². The van der Waals surface area contributed by atoms with Crippen molar-refractivity contribution in [3.63, 3.8) is 0 Å². The smallest absolute Gasteiger partial charge is 0 e. The molecule has 0 N–H and O–H groups in total. The Labute approximate surface area is 90.5 Å². The largest absolute Gasteiger partial charge is 0 e. The van der Waals surface area contributed by atoms with Gasteiger partial charge in [-0.1, -0.05) is 0 Å². The molecule has 5 heavy (non-hydrogen) atoms. The zero-order chi connectivity index (χ0) is 2.00. The zero-order valence-electron chi connectivity index (χ0n) is 2.51. The average Bonchev–Trinajstić information content (AvgIpc) is 1.00. The van der Waals surface area contributed by atoms with E-state index in [0.717, 1.165) is 0 Å². The van der Waals surface area contributed by atoms with Gasteiger partial charge in [0.1, 0.15) is 0 Å². The van der Waals surface area contributed by atoms with Gasteiger partial charge in [-0.3, -0.25) is 0 Å². The summed E-state index contributed by atoms with van der Waals surface area (Å²) in [7, 11) is 2.43. The maximum absolute atomic E-state index is 2.43. The third-order valence-electron chi connectivity index (χ3n) is 0. The molecule has 1 unspecified atom stereocenters. The first-order valence-electron chi connectivity index (χ1n) is 0.236. The molecule has 1 atom stereocenters. The molecule has 0 bridgehead atoms. The molecule has 0 aliphatic heterocycles. The Bertz CT molecular complexity index is 11.6. The van der Waals surface area contributed by atoms with Crippen LogP contribution in [-0.2, 0) is 57.5 Å². The first kappa shape index (κ1) is 24.0. The van der Waals surface area contributed by atoms with Crippen LogP contribution in [0.15, 0.2) is 0 Å². The molecule has 5 heteroatoms. The fraction of sp³-hybridized carbons (Fsp3) is 0. The normalized spacial score (nSPS) is 1.00. The van der Waals surface area contributed by atoms with Crippen LogP contribution in [0.3, 0.4) is 0 Å². The van der Waals surface area contributed by atoms with Crippen molar-refractivity contribution in [1.82, 2.24) is 0 Å². The molecule has 0 saturated heterocycles. The molecule has 0 nitrogen and oxygen atoms in total. The van der Waals surface area contributed by atoms with Gasteiger partial charge in [0.15, 0.2) is 0 Å². The molecule has 0 amide bonds. The van der Waals surface area contributed by atoms with Crippen LogP contribution in [0.5, 0.6) is 0 Å². The summed E-state index contributed by atoms with van der Waals surface area (Å²) in [5, 5.41) is 0.